The third kappa shape index (κ3) is 2.96. The topological polar surface area (TPSA) is 55.8 Å². The SMILES string of the molecule is CC(C)(C)OC(=O)N1CC=C[C@H]1C(=O)OC1CC2CCC1(C)C2(C)C. The van der Waals surface area contributed by atoms with Gasteiger partial charge in [0.1, 0.15) is 11.7 Å². The minimum Gasteiger partial charge on any atom is -0.460 e. The van der Waals surface area contributed by atoms with E-state index in [9.17, 15) is 9.59 Å². The first-order chi connectivity index (χ1) is 11.5. The molecule has 4 atom stereocenters. The molecule has 25 heavy (non-hydrogen) atoms. The second kappa shape index (κ2) is 5.75. The maximum absolute atomic E-state index is 12.8. The van der Waals surface area contributed by atoms with Gasteiger partial charge >= 0.3 is 12.1 Å². The second-order valence-electron chi connectivity index (χ2n) is 9.54. The second-order valence-corrected chi connectivity index (χ2v) is 9.54. The van der Waals surface area contributed by atoms with Crippen molar-refractivity contribution in [2.75, 3.05) is 6.54 Å². The molecule has 3 unspecified atom stereocenters. The van der Waals surface area contributed by atoms with E-state index in [1.54, 1.807) is 6.08 Å². The Bertz CT molecular complexity index is 603. The molecular weight excluding hydrogens is 318 g/mol. The molecule has 1 heterocycles. The van der Waals surface area contributed by atoms with E-state index in [4.69, 9.17) is 9.47 Å². The number of fused-ring (bicyclic) bond motifs is 2. The molecule has 2 bridgehead atoms. The van der Waals surface area contributed by atoms with Gasteiger partial charge in [-0.05, 0) is 51.4 Å². The maximum Gasteiger partial charge on any atom is 0.411 e. The first-order valence-electron chi connectivity index (χ1n) is 9.32. The summed E-state index contributed by atoms with van der Waals surface area (Å²) in [7, 11) is 0. The zero-order chi connectivity index (χ0) is 18.6. The van der Waals surface area contributed by atoms with E-state index in [0.717, 1.165) is 12.8 Å². The number of ether oxygens (including phenoxy) is 2. The molecule has 5 heteroatoms. The van der Waals surface area contributed by atoms with Crippen LogP contribution in [0.4, 0.5) is 4.79 Å². The highest BCUT2D eigenvalue weighted by Gasteiger charge is 2.63. The van der Waals surface area contributed by atoms with E-state index >= 15 is 0 Å². The van der Waals surface area contributed by atoms with Crippen LogP contribution < -0.4 is 0 Å². The van der Waals surface area contributed by atoms with Crippen LogP contribution in [0, 0.1) is 16.7 Å². The molecule has 0 saturated heterocycles. The molecular formula is C20H31NO4. The molecule has 2 aliphatic carbocycles. The Kier molecular flexibility index (Phi) is 4.20. The van der Waals surface area contributed by atoms with Gasteiger partial charge in [-0.2, -0.15) is 0 Å². The Morgan fingerprint density at radius 3 is 2.40 bits per heavy atom. The number of nitrogens with zero attached hydrogens (tertiary/aromatic N) is 1. The molecule has 0 aromatic carbocycles. The van der Waals surface area contributed by atoms with Crippen molar-refractivity contribution in [1.82, 2.24) is 4.90 Å². The third-order valence-corrected chi connectivity index (χ3v) is 6.80. The van der Waals surface area contributed by atoms with Gasteiger partial charge in [-0.1, -0.05) is 32.9 Å². The van der Waals surface area contributed by atoms with Crippen LogP contribution in [0.3, 0.4) is 0 Å². The molecule has 1 amide bonds. The smallest absolute Gasteiger partial charge is 0.411 e. The van der Waals surface area contributed by atoms with E-state index in [1.165, 1.54) is 11.3 Å². The molecule has 1 aliphatic heterocycles. The van der Waals surface area contributed by atoms with Crippen LogP contribution in [0.5, 0.6) is 0 Å². The number of carbonyl (C=O) groups is 2. The summed E-state index contributed by atoms with van der Waals surface area (Å²) in [5.74, 6) is 0.269. The van der Waals surface area contributed by atoms with Gasteiger partial charge < -0.3 is 9.47 Å². The lowest BCUT2D eigenvalue weighted by atomic mass is 9.70. The Labute approximate surface area is 150 Å². The number of carbonyl (C=O) groups excluding carboxylic acids is 2. The number of hydrogen-bond donors (Lipinski definition) is 0. The number of rotatable bonds is 2. The lowest BCUT2D eigenvalue weighted by molar-refractivity contribution is -0.160. The van der Waals surface area contributed by atoms with E-state index in [1.807, 2.05) is 26.8 Å². The van der Waals surface area contributed by atoms with E-state index in [2.05, 4.69) is 20.8 Å². The number of amides is 1. The van der Waals surface area contributed by atoms with Crippen molar-refractivity contribution in [3.8, 4) is 0 Å². The Hall–Kier alpha value is -1.52. The predicted octanol–water partition coefficient (Wildman–Crippen LogP) is 3.92. The van der Waals surface area contributed by atoms with Crippen molar-refractivity contribution in [1.29, 1.82) is 0 Å². The molecule has 0 aromatic rings. The number of esters is 1. The van der Waals surface area contributed by atoms with Crippen LogP contribution in [0.2, 0.25) is 0 Å². The zero-order valence-electron chi connectivity index (χ0n) is 16.3. The highest BCUT2D eigenvalue weighted by atomic mass is 16.6. The summed E-state index contributed by atoms with van der Waals surface area (Å²) in [6.45, 7) is 12.7. The minimum absolute atomic E-state index is 0.0202. The van der Waals surface area contributed by atoms with Crippen molar-refractivity contribution in [2.24, 2.45) is 16.7 Å². The fraction of sp³-hybridized carbons (Fsp3) is 0.800. The van der Waals surface area contributed by atoms with Gasteiger partial charge in [0.05, 0.1) is 0 Å². The van der Waals surface area contributed by atoms with Crippen molar-refractivity contribution < 1.29 is 19.1 Å². The van der Waals surface area contributed by atoms with Gasteiger partial charge in [0.25, 0.3) is 0 Å². The summed E-state index contributed by atoms with van der Waals surface area (Å²) in [5.41, 5.74) is -0.378. The van der Waals surface area contributed by atoms with Crippen molar-refractivity contribution in [2.45, 2.75) is 78.6 Å². The first-order valence-corrected chi connectivity index (χ1v) is 9.32. The molecule has 0 N–H and O–H groups in total. The molecule has 0 radical (unpaired) electrons. The summed E-state index contributed by atoms with van der Waals surface area (Å²) >= 11 is 0. The summed E-state index contributed by atoms with van der Waals surface area (Å²) in [5, 5.41) is 0. The molecule has 3 aliphatic rings. The molecule has 2 fully saturated rings. The van der Waals surface area contributed by atoms with Crippen molar-refractivity contribution in [3.05, 3.63) is 12.2 Å². The fourth-order valence-corrected chi connectivity index (χ4v) is 4.75. The van der Waals surface area contributed by atoms with Gasteiger partial charge in [0.2, 0.25) is 0 Å². The molecule has 5 nitrogen and oxygen atoms in total. The Morgan fingerprint density at radius 2 is 1.88 bits per heavy atom. The van der Waals surface area contributed by atoms with Crippen LogP contribution in [0.15, 0.2) is 12.2 Å². The monoisotopic (exact) mass is 349 g/mol. The van der Waals surface area contributed by atoms with Gasteiger partial charge in [-0.3, -0.25) is 4.90 Å². The largest absolute Gasteiger partial charge is 0.460 e. The van der Waals surface area contributed by atoms with Gasteiger partial charge in [0, 0.05) is 12.0 Å². The van der Waals surface area contributed by atoms with E-state index in [0.29, 0.717) is 12.5 Å². The minimum atomic E-state index is -0.680. The fourth-order valence-electron chi connectivity index (χ4n) is 4.75. The van der Waals surface area contributed by atoms with Crippen LogP contribution >= 0.6 is 0 Å². The Morgan fingerprint density at radius 1 is 1.20 bits per heavy atom. The van der Waals surface area contributed by atoms with Gasteiger partial charge in [-0.25, -0.2) is 9.59 Å². The van der Waals surface area contributed by atoms with Crippen molar-refractivity contribution >= 4 is 12.1 Å². The third-order valence-electron chi connectivity index (χ3n) is 6.80. The summed E-state index contributed by atoms with van der Waals surface area (Å²) in [6.07, 6.45) is 6.26. The highest BCUT2D eigenvalue weighted by molar-refractivity contribution is 5.84. The zero-order valence-corrected chi connectivity index (χ0v) is 16.3. The molecule has 3 rings (SSSR count). The van der Waals surface area contributed by atoms with Crippen LogP contribution in [0.1, 0.15) is 60.8 Å². The predicted molar refractivity (Wildman–Crippen MR) is 95.0 cm³/mol. The number of hydrogen-bond acceptors (Lipinski definition) is 4. The average molecular weight is 349 g/mol. The average Bonchev–Trinajstić information content (AvgIpc) is 3.08. The van der Waals surface area contributed by atoms with Crippen LogP contribution in [0.25, 0.3) is 0 Å². The van der Waals surface area contributed by atoms with E-state index < -0.39 is 17.7 Å². The van der Waals surface area contributed by atoms with Gasteiger partial charge in [-0.15, -0.1) is 0 Å². The lowest BCUT2D eigenvalue weighted by Crippen LogP contribution is -2.47. The Balaban J connectivity index is 1.67. The summed E-state index contributed by atoms with van der Waals surface area (Å²) < 4.78 is 11.4. The quantitative estimate of drug-likeness (QED) is 0.560. The standard InChI is InChI=1S/C20H31NO4/c1-18(2,3)25-17(23)21-11-7-8-14(21)16(22)24-15-12-13-9-10-20(15,6)19(13,4)5/h7-8,13-15H,9-12H2,1-6H3/t13?,14-,15?,20?/m0/s1. The lowest BCUT2D eigenvalue weighted by Gasteiger charge is -2.39. The van der Waals surface area contributed by atoms with Crippen molar-refractivity contribution in [3.63, 3.8) is 0 Å². The molecule has 0 spiro atoms. The van der Waals surface area contributed by atoms with E-state index in [-0.39, 0.29) is 22.9 Å². The van der Waals surface area contributed by atoms with Crippen LogP contribution in [-0.2, 0) is 14.3 Å². The first kappa shape index (κ1) is 18.3. The van der Waals surface area contributed by atoms with Crippen LogP contribution in [-0.4, -0.2) is 41.3 Å². The maximum atomic E-state index is 12.8. The highest BCUT2D eigenvalue weighted by Crippen LogP contribution is 2.66. The molecule has 140 valence electrons. The molecule has 0 aromatic heterocycles. The summed E-state index contributed by atoms with van der Waals surface area (Å²) in [4.78, 5) is 26.6. The normalized spacial score (nSPS) is 35.9. The summed E-state index contributed by atoms with van der Waals surface area (Å²) in [6, 6.07) is -0.680. The molecule has 2 saturated carbocycles. The van der Waals surface area contributed by atoms with Gasteiger partial charge in [0.15, 0.2) is 6.04 Å².